The molecule has 59 heavy (non-hydrogen) atoms. The Bertz CT molecular complexity index is 1250. The molecule has 0 heterocycles. The zero-order valence-electron chi connectivity index (χ0n) is 38.2. The molecular weight excluding hydrogens is 741 g/mol. The fraction of sp³-hybridized carbons (Fsp3) is 0.940. The van der Waals surface area contributed by atoms with Crippen LogP contribution < -0.4 is 10.6 Å². The van der Waals surface area contributed by atoms with Crippen LogP contribution in [0.3, 0.4) is 0 Å². The van der Waals surface area contributed by atoms with Gasteiger partial charge in [0, 0.05) is 19.4 Å². The average Bonchev–Trinajstić information content (AvgIpc) is 3.56. The number of hydrogen-bond donors (Lipinski definition) is 6. The maximum Gasteiger partial charge on any atom is 0.326 e. The Morgan fingerprint density at radius 2 is 1.25 bits per heavy atom. The lowest BCUT2D eigenvalue weighted by atomic mass is 9.43. The van der Waals surface area contributed by atoms with Crippen molar-refractivity contribution in [2.45, 2.75) is 245 Å². The lowest BCUT2D eigenvalue weighted by molar-refractivity contribution is -0.207. The summed E-state index contributed by atoms with van der Waals surface area (Å²) in [4.78, 5) is 37.5. The van der Waals surface area contributed by atoms with Crippen molar-refractivity contribution in [2.75, 3.05) is 6.54 Å². The van der Waals surface area contributed by atoms with Crippen molar-refractivity contribution in [3.8, 4) is 0 Å². The summed E-state index contributed by atoms with van der Waals surface area (Å²) >= 11 is 0. The third-order valence-corrected chi connectivity index (χ3v) is 16.7. The number of carboxylic acids is 1. The van der Waals surface area contributed by atoms with Crippen LogP contribution in [-0.2, 0) is 14.4 Å². The van der Waals surface area contributed by atoms with Crippen LogP contribution in [0.15, 0.2) is 0 Å². The Morgan fingerprint density at radius 1 is 0.661 bits per heavy atom. The van der Waals surface area contributed by atoms with E-state index in [1.54, 1.807) is 0 Å². The van der Waals surface area contributed by atoms with Gasteiger partial charge in [0.1, 0.15) is 6.04 Å². The Hall–Kier alpha value is -1.71. The Morgan fingerprint density at radius 3 is 1.85 bits per heavy atom. The predicted molar refractivity (Wildman–Crippen MR) is 238 cm³/mol. The van der Waals surface area contributed by atoms with Crippen LogP contribution in [-0.4, -0.2) is 69.1 Å². The number of fused-ring (bicyclic) bond motifs is 5. The molecule has 0 aromatic carbocycles. The molecule has 6 N–H and O–H groups in total. The quantitative estimate of drug-likeness (QED) is 0.0410. The first-order valence-electron chi connectivity index (χ1n) is 25.2. The molecule has 0 aliphatic heterocycles. The second-order valence-corrected chi connectivity index (χ2v) is 20.8. The van der Waals surface area contributed by atoms with Gasteiger partial charge in [-0.3, -0.25) is 9.59 Å². The first-order valence-corrected chi connectivity index (χ1v) is 25.2. The fourth-order valence-electron chi connectivity index (χ4n) is 13.0. The summed E-state index contributed by atoms with van der Waals surface area (Å²) in [5.74, 6) is 0.0890. The molecule has 12 atom stereocenters. The van der Waals surface area contributed by atoms with Crippen LogP contribution in [0.25, 0.3) is 0 Å². The molecule has 0 bridgehead atoms. The van der Waals surface area contributed by atoms with Gasteiger partial charge in [-0.1, -0.05) is 130 Å². The van der Waals surface area contributed by atoms with Gasteiger partial charge >= 0.3 is 5.97 Å². The second-order valence-electron chi connectivity index (χ2n) is 20.8. The average molecular weight is 831 g/mol. The second kappa shape index (κ2) is 25.4. The topological polar surface area (TPSA) is 156 Å². The van der Waals surface area contributed by atoms with E-state index in [0.29, 0.717) is 45.1 Å². The van der Waals surface area contributed by atoms with Gasteiger partial charge in [-0.25, -0.2) is 4.79 Å². The minimum absolute atomic E-state index is 0.0344. The number of aliphatic hydroxyl groups is 3. The molecular formula is C50H90N2O7. The first-order chi connectivity index (χ1) is 28.3. The van der Waals surface area contributed by atoms with Crippen molar-refractivity contribution in [2.24, 2.45) is 46.3 Å². The number of carboxylic acid groups (broad SMARTS) is 1. The van der Waals surface area contributed by atoms with Crippen molar-refractivity contribution < 1.29 is 34.8 Å². The molecule has 0 saturated heterocycles. The number of carbonyl (C=O) groups is 3. The minimum Gasteiger partial charge on any atom is -0.480 e. The van der Waals surface area contributed by atoms with Gasteiger partial charge in [0.05, 0.1) is 18.3 Å². The minimum atomic E-state index is -1.03. The van der Waals surface area contributed by atoms with Gasteiger partial charge in [-0.05, 0) is 123 Å². The molecule has 7 unspecified atom stereocenters. The number of rotatable bonds is 29. The van der Waals surface area contributed by atoms with Crippen LogP contribution in [0.4, 0.5) is 0 Å². The number of nitrogens with one attached hydrogen (secondary N) is 2. The van der Waals surface area contributed by atoms with E-state index >= 15 is 0 Å². The fourth-order valence-corrected chi connectivity index (χ4v) is 13.0. The van der Waals surface area contributed by atoms with E-state index in [-0.39, 0.29) is 70.7 Å². The number of aliphatic hydroxyl groups excluding tert-OH is 3. The SMILES string of the molecule is CCCCCCCCCCCCCCCCCCCC(=O)NCCCCC(NC(=O)CCC(C)C1CCC2C3C(C[C@H](O)[C@]12C)[C@@]1(C)CC[C@@H](O)CC1C[C@@H]3O)C(=O)O. The highest BCUT2D eigenvalue weighted by Gasteiger charge is 2.65. The van der Waals surface area contributed by atoms with E-state index in [0.717, 1.165) is 51.4 Å². The molecule has 4 aliphatic carbocycles. The van der Waals surface area contributed by atoms with Crippen molar-refractivity contribution in [1.82, 2.24) is 10.6 Å². The van der Waals surface area contributed by atoms with E-state index in [1.165, 1.54) is 96.3 Å². The van der Waals surface area contributed by atoms with Gasteiger partial charge < -0.3 is 31.1 Å². The van der Waals surface area contributed by atoms with Gasteiger partial charge in [-0.2, -0.15) is 0 Å². The standard InChI is InChI=1S/C50H90N2O7/c1-5-6-7-8-9-10-11-12-13-14-15-16-17-18-19-20-21-25-45(56)51-32-23-22-24-42(48(58)59)52-46(57)29-26-36(2)39-27-28-40-47-41(35-44(55)50(39,40)4)49(3)31-30-38(53)33-37(49)34-43(47)54/h36-44,47,53-55H,5-35H2,1-4H3,(H,51,56)(H,52,57)(H,58,59)/t36?,37?,38-,39?,40?,41?,42?,43+,44+,47?,49+,50-/m1/s1. The summed E-state index contributed by atoms with van der Waals surface area (Å²) in [6, 6.07) is -0.951. The maximum atomic E-state index is 13.1. The van der Waals surface area contributed by atoms with Gasteiger partial charge in [0.2, 0.25) is 11.8 Å². The van der Waals surface area contributed by atoms with E-state index in [2.05, 4.69) is 38.3 Å². The molecule has 2 amide bonds. The van der Waals surface area contributed by atoms with E-state index in [4.69, 9.17) is 0 Å². The molecule has 4 aliphatic rings. The van der Waals surface area contributed by atoms with Gasteiger partial charge in [-0.15, -0.1) is 0 Å². The molecule has 0 aromatic rings. The molecule has 9 heteroatoms. The Balaban J connectivity index is 1.03. The predicted octanol–water partition coefficient (Wildman–Crippen LogP) is 10.3. The van der Waals surface area contributed by atoms with Crippen LogP contribution in [0.1, 0.15) is 220 Å². The molecule has 0 radical (unpaired) electrons. The third-order valence-electron chi connectivity index (χ3n) is 16.7. The van der Waals surface area contributed by atoms with Crippen molar-refractivity contribution in [3.63, 3.8) is 0 Å². The number of carbonyl (C=O) groups excluding carboxylic acids is 2. The smallest absolute Gasteiger partial charge is 0.326 e. The molecule has 4 fully saturated rings. The molecule has 4 saturated carbocycles. The van der Waals surface area contributed by atoms with Gasteiger partial charge in [0.15, 0.2) is 0 Å². The highest BCUT2D eigenvalue weighted by Crippen LogP contribution is 2.68. The van der Waals surface area contributed by atoms with Crippen LogP contribution in [0.2, 0.25) is 0 Å². The lowest BCUT2D eigenvalue weighted by Crippen LogP contribution is -2.62. The number of unbranched alkanes of at least 4 members (excludes halogenated alkanes) is 17. The number of amides is 2. The summed E-state index contributed by atoms with van der Waals surface area (Å²) in [5, 5.41) is 49.5. The molecule has 4 rings (SSSR count). The maximum absolute atomic E-state index is 13.1. The number of aliphatic carboxylic acids is 1. The van der Waals surface area contributed by atoms with Crippen molar-refractivity contribution in [3.05, 3.63) is 0 Å². The van der Waals surface area contributed by atoms with E-state index < -0.39 is 24.2 Å². The first kappa shape index (κ1) is 49.9. The Labute approximate surface area is 359 Å². The van der Waals surface area contributed by atoms with Crippen molar-refractivity contribution in [1.29, 1.82) is 0 Å². The van der Waals surface area contributed by atoms with Crippen LogP contribution >= 0.6 is 0 Å². The highest BCUT2D eigenvalue weighted by atomic mass is 16.4. The summed E-state index contributed by atoms with van der Waals surface area (Å²) in [5.41, 5.74) is -0.299. The summed E-state index contributed by atoms with van der Waals surface area (Å²) in [7, 11) is 0. The monoisotopic (exact) mass is 831 g/mol. The van der Waals surface area contributed by atoms with Crippen LogP contribution in [0, 0.1) is 46.3 Å². The highest BCUT2D eigenvalue weighted by molar-refractivity contribution is 5.83. The lowest BCUT2D eigenvalue weighted by Gasteiger charge is -2.63. The molecule has 0 spiro atoms. The normalized spacial score (nSPS) is 32.4. The molecule has 9 nitrogen and oxygen atoms in total. The summed E-state index contributed by atoms with van der Waals surface area (Å²) in [6.45, 7) is 9.54. The van der Waals surface area contributed by atoms with Crippen molar-refractivity contribution >= 4 is 17.8 Å². The summed E-state index contributed by atoms with van der Waals surface area (Å²) < 4.78 is 0. The van der Waals surface area contributed by atoms with Crippen LogP contribution in [0.5, 0.6) is 0 Å². The Kier molecular flexibility index (Phi) is 21.5. The van der Waals surface area contributed by atoms with E-state index in [9.17, 15) is 34.8 Å². The zero-order valence-corrected chi connectivity index (χ0v) is 38.2. The van der Waals surface area contributed by atoms with E-state index in [1.807, 2.05) is 0 Å². The zero-order chi connectivity index (χ0) is 42.8. The molecule has 0 aromatic heterocycles. The molecule has 342 valence electrons. The van der Waals surface area contributed by atoms with Gasteiger partial charge in [0.25, 0.3) is 0 Å². The number of hydrogen-bond acceptors (Lipinski definition) is 6. The third kappa shape index (κ3) is 14.4. The summed E-state index contributed by atoms with van der Waals surface area (Å²) in [6.07, 6.45) is 30.0. The largest absolute Gasteiger partial charge is 0.480 e.